The van der Waals surface area contributed by atoms with Gasteiger partial charge >= 0.3 is 5.97 Å². The Labute approximate surface area is 287 Å². The van der Waals surface area contributed by atoms with E-state index in [0.29, 0.717) is 24.2 Å². The fourth-order valence-corrected chi connectivity index (χ4v) is 9.30. The normalized spacial score (nSPS) is 27.9. The molecule has 1 saturated carbocycles. The Morgan fingerprint density at radius 3 is 2.51 bits per heavy atom. The summed E-state index contributed by atoms with van der Waals surface area (Å²) in [6.07, 6.45) is 2.70. The standard InChI is InChI=1S/C39H47N3O7/c1-23(2)20-31(45)41-33(25-10-13-27(43)14-11-25)34(37(46)48-22-24-8-6-5-7-9-24)40-28-16-17-39(47-4)30-21-26-12-15-29(44)35-32(26)38(39,36(28)49-35)18-19-42(30)3/h5-15,23,28,30,33-34,36,40,43-44H,16-22H2,1-4H3,(H,41,45)/t28-,30?,33?,34+,36+,38?,39-/m1/s1. The first kappa shape index (κ1) is 33.4. The number of aromatic hydroxyl groups is 2. The Morgan fingerprint density at radius 2 is 1.80 bits per heavy atom. The third-order valence-electron chi connectivity index (χ3n) is 11.4. The maximum Gasteiger partial charge on any atom is 0.325 e. The summed E-state index contributed by atoms with van der Waals surface area (Å²) in [4.78, 5) is 30.1. The summed E-state index contributed by atoms with van der Waals surface area (Å²) in [6, 6.07) is 17.7. The second-order valence-corrected chi connectivity index (χ2v) is 14.6. The van der Waals surface area contributed by atoms with Crippen molar-refractivity contribution in [1.82, 2.24) is 15.5 Å². The monoisotopic (exact) mass is 669 g/mol. The number of hydrogen-bond donors (Lipinski definition) is 4. The molecule has 3 aromatic carbocycles. The molecule has 1 saturated heterocycles. The number of rotatable bonds is 11. The number of esters is 1. The zero-order valence-corrected chi connectivity index (χ0v) is 28.6. The second kappa shape index (κ2) is 13.0. The van der Waals surface area contributed by atoms with E-state index in [0.717, 1.165) is 36.1 Å². The molecule has 0 radical (unpaired) electrons. The van der Waals surface area contributed by atoms with Gasteiger partial charge in [0.1, 0.15) is 24.5 Å². The van der Waals surface area contributed by atoms with Crippen LogP contribution in [0.5, 0.6) is 17.2 Å². The SMILES string of the molecule is CO[C@@]12CC[C@@H](N[C@H](C(=O)OCc3ccccc3)C(NC(=O)CC(C)C)c3ccc(O)cc3)[C@@H]3Oc4c(O)ccc5c4C31CCN(C)C2C5. The minimum absolute atomic E-state index is 0.0676. The molecule has 4 N–H and O–H groups in total. The molecule has 1 amide bonds. The van der Waals surface area contributed by atoms with Crippen molar-refractivity contribution < 1.29 is 34.0 Å². The van der Waals surface area contributed by atoms with Crippen LogP contribution >= 0.6 is 0 Å². The number of carbonyl (C=O) groups is 2. The van der Waals surface area contributed by atoms with Crippen molar-refractivity contribution in [3.63, 3.8) is 0 Å². The van der Waals surface area contributed by atoms with Gasteiger partial charge < -0.3 is 34.6 Å². The van der Waals surface area contributed by atoms with E-state index in [2.05, 4.69) is 22.6 Å². The molecular weight excluding hydrogens is 622 g/mol. The highest BCUT2D eigenvalue weighted by Gasteiger charge is 2.73. The number of hydrogen-bond acceptors (Lipinski definition) is 9. The largest absolute Gasteiger partial charge is 0.508 e. The van der Waals surface area contributed by atoms with E-state index in [1.54, 1.807) is 37.4 Å². The first-order chi connectivity index (χ1) is 23.6. The number of likely N-dealkylation sites (N-methyl/N-ethyl adjacent to an activating group) is 1. The molecule has 7 rings (SSSR count). The summed E-state index contributed by atoms with van der Waals surface area (Å²) < 4.78 is 19.4. The molecule has 7 atom stereocenters. The van der Waals surface area contributed by atoms with Crippen LogP contribution in [-0.4, -0.2) is 77.5 Å². The van der Waals surface area contributed by atoms with Crippen molar-refractivity contribution in [2.45, 2.75) is 93.8 Å². The highest BCUT2D eigenvalue weighted by Crippen LogP contribution is 2.66. The average Bonchev–Trinajstić information content (AvgIpc) is 3.45. The number of ether oxygens (including phenoxy) is 3. The van der Waals surface area contributed by atoms with Crippen LogP contribution in [-0.2, 0) is 37.5 Å². The highest BCUT2D eigenvalue weighted by atomic mass is 16.5. The molecule has 3 unspecified atom stereocenters. The first-order valence-corrected chi connectivity index (χ1v) is 17.4. The molecule has 10 nitrogen and oxygen atoms in total. The lowest BCUT2D eigenvalue weighted by Gasteiger charge is -2.65. The van der Waals surface area contributed by atoms with Gasteiger partial charge in [0.15, 0.2) is 11.5 Å². The predicted molar refractivity (Wildman–Crippen MR) is 183 cm³/mol. The van der Waals surface area contributed by atoms with Gasteiger partial charge in [-0.1, -0.05) is 62.4 Å². The minimum Gasteiger partial charge on any atom is -0.508 e. The van der Waals surface area contributed by atoms with Crippen LogP contribution in [0.4, 0.5) is 0 Å². The van der Waals surface area contributed by atoms with E-state index < -0.39 is 35.2 Å². The van der Waals surface area contributed by atoms with E-state index in [4.69, 9.17) is 14.2 Å². The lowest BCUT2D eigenvalue weighted by atomic mass is 9.48. The molecule has 1 spiro atoms. The zero-order valence-electron chi connectivity index (χ0n) is 28.6. The topological polar surface area (TPSA) is 130 Å². The number of nitrogens with zero attached hydrogens (tertiary/aromatic N) is 1. The zero-order chi connectivity index (χ0) is 34.5. The third kappa shape index (κ3) is 5.54. The van der Waals surface area contributed by atoms with Gasteiger partial charge in [0.2, 0.25) is 5.91 Å². The molecule has 49 heavy (non-hydrogen) atoms. The highest BCUT2D eigenvalue weighted by molar-refractivity contribution is 5.81. The Hall–Kier alpha value is -4.12. The molecule has 260 valence electrons. The van der Waals surface area contributed by atoms with Crippen molar-refractivity contribution in [1.29, 1.82) is 0 Å². The maximum absolute atomic E-state index is 14.3. The summed E-state index contributed by atoms with van der Waals surface area (Å²) in [7, 11) is 3.94. The number of benzene rings is 3. The smallest absolute Gasteiger partial charge is 0.325 e. The number of carbonyl (C=O) groups excluding carboxylic acids is 2. The Kier molecular flexibility index (Phi) is 8.83. The van der Waals surface area contributed by atoms with Crippen molar-refractivity contribution in [3.8, 4) is 17.2 Å². The van der Waals surface area contributed by atoms with Gasteiger partial charge in [-0.05, 0) is 80.1 Å². The predicted octanol–water partition coefficient (Wildman–Crippen LogP) is 4.51. The van der Waals surface area contributed by atoms with E-state index in [1.165, 1.54) is 0 Å². The van der Waals surface area contributed by atoms with Crippen molar-refractivity contribution in [3.05, 3.63) is 89.0 Å². The van der Waals surface area contributed by atoms with Crippen LogP contribution in [0.2, 0.25) is 0 Å². The Bertz CT molecular complexity index is 1700. The van der Waals surface area contributed by atoms with Crippen molar-refractivity contribution >= 4 is 11.9 Å². The van der Waals surface area contributed by atoms with Crippen LogP contribution in [0.25, 0.3) is 0 Å². The van der Waals surface area contributed by atoms with Crippen molar-refractivity contribution in [2.75, 3.05) is 20.7 Å². The van der Waals surface area contributed by atoms with Crippen LogP contribution in [0.15, 0.2) is 66.7 Å². The Balaban J connectivity index is 1.29. The van der Waals surface area contributed by atoms with Crippen LogP contribution in [0, 0.1) is 5.92 Å². The molecule has 0 aromatic heterocycles. The number of phenols is 2. The van der Waals surface area contributed by atoms with Gasteiger partial charge in [-0.2, -0.15) is 0 Å². The minimum atomic E-state index is -1.01. The second-order valence-electron chi connectivity index (χ2n) is 14.6. The van der Waals surface area contributed by atoms with Gasteiger partial charge in [0, 0.05) is 31.2 Å². The van der Waals surface area contributed by atoms with E-state index in [1.807, 2.05) is 50.2 Å². The van der Waals surface area contributed by atoms with Crippen LogP contribution < -0.4 is 15.4 Å². The number of methoxy groups -OCH3 is 1. The quantitative estimate of drug-likeness (QED) is 0.218. The Morgan fingerprint density at radius 1 is 1.04 bits per heavy atom. The fraction of sp³-hybridized carbons (Fsp3) is 0.487. The van der Waals surface area contributed by atoms with Gasteiger partial charge in [-0.3, -0.25) is 14.9 Å². The number of amides is 1. The molecule has 2 fully saturated rings. The van der Waals surface area contributed by atoms with Gasteiger partial charge in [-0.15, -0.1) is 0 Å². The maximum atomic E-state index is 14.3. The van der Waals surface area contributed by atoms with Gasteiger partial charge in [-0.25, -0.2) is 0 Å². The number of piperidine rings is 1. The lowest BCUT2D eigenvalue weighted by Crippen LogP contribution is -2.78. The molecule has 2 heterocycles. The molecule has 2 bridgehead atoms. The van der Waals surface area contributed by atoms with E-state index in [-0.39, 0.29) is 48.4 Å². The van der Waals surface area contributed by atoms with E-state index >= 15 is 0 Å². The average molecular weight is 670 g/mol. The molecular formula is C39H47N3O7. The third-order valence-corrected chi connectivity index (χ3v) is 11.4. The molecule has 4 aliphatic rings. The van der Waals surface area contributed by atoms with Crippen LogP contribution in [0.3, 0.4) is 0 Å². The summed E-state index contributed by atoms with van der Waals surface area (Å²) >= 11 is 0. The molecule has 2 aliphatic carbocycles. The molecule has 10 heteroatoms. The van der Waals surface area contributed by atoms with Gasteiger partial charge in [0.25, 0.3) is 0 Å². The first-order valence-electron chi connectivity index (χ1n) is 17.4. The number of phenolic OH excluding ortho intramolecular Hbond substituents is 2. The van der Waals surface area contributed by atoms with Gasteiger partial charge in [0.05, 0.1) is 17.1 Å². The summed E-state index contributed by atoms with van der Waals surface area (Å²) in [5.74, 6) is 0.0796. The fourth-order valence-electron chi connectivity index (χ4n) is 9.30. The van der Waals surface area contributed by atoms with E-state index in [9.17, 15) is 19.8 Å². The molecule has 3 aromatic rings. The summed E-state index contributed by atoms with van der Waals surface area (Å²) in [5.41, 5.74) is 2.56. The number of likely N-dealkylation sites (tertiary alicyclic amines) is 1. The summed E-state index contributed by atoms with van der Waals surface area (Å²) in [5, 5.41) is 28.1. The van der Waals surface area contributed by atoms with Crippen molar-refractivity contribution in [2.24, 2.45) is 5.92 Å². The molecule has 2 aliphatic heterocycles. The summed E-state index contributed by atoms with van der Waals surface area (Å²) in [6.45, 7) is 4.85. The number of nitrogens with one attached hydrogen (secondary N) is 2. The lowest BCUT2D eigenvalue weighted by molar-refractivity contribution is -0.204. The van der Waals surface area contributed by atoms with Crippen LogP contribution in [0.1, 0.15) is 67.8 Å².